The molecule has 0 saturated carbocycles. The van der Waals surface area contributed by atoms with Crippen LogP contribution in [0.25, 0.3) is 0 Å². The van der Waals surface area contributed by atoms with Gasteiger partial charge in [0.25, 0.3) is 0 Å². The van der Waals surface area contributed by atoms with Crippen LogP contribution in [0.4, 0.5) is 0 Å². The van der Waals surface area contributed by atoms with Gasteiger partial charge in [0.1, 0.15) is 0 Å². The van der Waals surface area contributed by atoms with Crippen LogP contribution in [0, 0.1) is 20.8 Å². The molecule has 1 heterocycles. The summed E-state index contributed by atoms with van der Waals surface area (Å²) in [6, 6.07) is 0. The van der Waals surface area contributed by atoms with Crippen molar-refractivity contribution in [1.29, 1.82) is 0 Å². The summed E-state index contributed by atoms with van der Waals surface area (Å²) in [6.45, 7) is 7.59. The van der Waals surface area contributed by atoms with E-state index in [1.165, 1.54) is 25.7 Å². The summed E-state index contributed by atoms with van der Waals surface area (Å²) in [7, 11) is 0. The monoisotopic (exact) mass is 265 g/mol. The van der Waals surface area contributed by atoms with E-state index >= 15 is 0 Å². The van der Waals surface area contributed by atoms with Crippen molar-refractivity contribution < 1.29 is 5.21 Å². The molecule has 0 amide bonds. The van der Waals surface area contributed by atoms with E-state index < -0.39 is 0 Å². The highest BCUT2D eigenvalue weighted by atomic mass is 16.5. The Morgan fingerprint density at radius 3 is 2.16 bits per heavy atom. The molecule has 3 nitrogen and oxygen atoms in total. The fourth-order valence-corrected chi connectivity index (χ4v) is 2.47. The molecule has 0 aliphatic carbocycles. The molecule has 0 aromatic carbocycles. The minimum atomic E-state index is 0.105. The van der Waals surface area contributed by atoms with Gasteiger partial charge in [-0.15, -0.1) is 0 Å². The van der Waals surface area contributed by atoms with E-state index in [0.29, 0.717) is 17.0 Å². The largest absolute Gasteiger partial charge is 0.428 e. The molecule has 0 spiro atoms. The molecule has 1 rings (SSSR count). The Kier molecular flexibility index (Phi) is 6.13. The van der Waals surface area contributed by atoms with E-state index in [0.717, 1.165) is 29.6 Å². The van der Waals surface area contributed by atoms with Crippen molar-refractivity contribution in [2.24, 2.45) is 0 Å². The molecule has 1 N–H and O–H groups in total. The third kappa shape index (κ3) is 3.85. The van der Waals surface area contributed by atoms with Crippen LogP contribution in [0.5, 0.6) is 0 Å². The number of hydrogen-bond donors (Lipinski definition) is 1. The van der Waals surface area contributed by atoms with E-state index in [2.05, 4.69) is 6.92 Å². The van der Waals surface area contributed by atoms with Gasteiger partial charge in [0, 0.05) is 11.1 Å². The number of unbranched alkanes of at least 4 members (excludes halogenated alkanes) is 5. The Bertz CT molecular complexity index is 475. The van der Waals surface area contributed by atoms with Crippen LogP contribution in [0.2, 0.25) is 0 Å². The molecule has 0 unspecified atom stereocenters. The lowest BCUT2D eigenvalue weighted by Gasteiger charge is -2.14. The zero-order valence-corrected chi connectivity index (χ0v) is 12.8. The standard InChI is InChI=1S/C16H27NO2/c1-5-6-7-8-9-10-11-15-14(4)17(19)13(3)12(2)16(15)18/h19H,5-11H2,1-4H3. The Morgan fingerprint density at radius 1 is 0.947 bits per heavy atom. The molecule has 0 bridgehead atoms. The molecular weight excluding hydrogens is 238 g/mol. The molecule has 19 heavy (non-hydrogen) atoms. The maximum Gasteiger partial charge on any atom is 0.188 e. The van der Waals surface area contributed by atoms with E-state index in [1.807, 2.05) is 6.92 Å². The summed E-state index contributed by atoms with van der Waals surface area (Å²) in [4.78, 5) is 12.2. The number of rotatable bonds is 7. The first-order valence-electron chi connectivity index (χ1n) is 7.41. The van der Waals surface area contributed by atoms with Gasteiger partial charge in [0.2, 0.25) is 0 Å². The molecule has 0 saturated heterocycles. The van der Waals surface area contributed by atoms with Crippen molar-refractivity contribution in [2.45, 2.75) is 72.6 Å². The van der Waals surface area contributed by atoms with Crippen molar-refractivity contribution in [3.05, 3.63) is 32.7 Å². The summed E-state index contributed by atoms with van der Waals surface area (Å²) >= 11 is 0. The third-order valence-electron chi connectivity index (χ3n) is 4.01. The second kappa shape index (κ2) is 7.37. The fraction of sp³-hybridized carbons (Fsp3) is 0.688. The lowest BCUT2D eigenvalue weighted by molar-refractivity contribution is 0.169. The van der Waals surface area contributed by atoms with E-state index in [9.17, 15) is 10.0 Å². The molecule has 0 radical (unpaired) electrons. The summed E-state index contributed by atoms with van der Waals surface area (Å²) in [5.74, 6) is 0. The third-order valence-corrected chi connectivity index (χ3v) is 4.01. The quantitative estimate of drug-likeness (QED) is 0.600. The molecule has 0 atom stereocenters. The van der Waals surface area contributed by atoms with Gasteiger partial charge in [-0.2, -0.15) is 4.73 Å². The topological polar surface area (TPSA) is 42.2 Å². The maximum atomic E-state index is 12.2. The van der Waals surface area contributed by atoms with Crippen LogP contribution in [0.1, 0.15) is 68.0 Å². The average Bonchev–Trinajstić information content (AvgIpc) is 2.41. The summed E-state index contributed by atoms with van der Waals surface area (Å²) in [5.41, 5.74) is 2.89. The zero-order chi connectivity index (χ0) is 14.4. The first-order valence-corrected chi connectivity index (χ1v) is 7.41. The zero-order valence-electron chi connectivity index (χ0n) is 12.8. The van der Waals surface area contributed by atoms with Crippen LogP contribution in [-0.4, -0.2) is 9.94 Å². The Morgan fingerprint density at radius 2 is 1.53 bits per heavy atom. The highest BCUT2D eigenvalue weighted by Gasteiger charge is 2.13. The number of pyridine rings is 1. The van der Waals surface area contributed by atoms with Crippen LogP contribution in [-0.2, 0) is 6.42 Å². The van der Waals surface area contributed by atoms with E-state index in [-0.39, 0.29) is 5.43 Å². The second-order valence-corrected chi connectivity index (χ2v) is 5.43. The number of hydrogen-bond acceptors (Lipinski definition) is 2. The van der Waals surface area contributed by atoms with Gasteiger partial charge in [-0.05, 0) is 33.6 Å². The second-order valence-electron chi connectivity index (χ2n) is 5.43. The predicted molar refractivity (Wildman–Crippen MR) is 79.2 cm³/mol. The number of nitrogens with zero attached hydrogens (tertiary/aromatic N) is 1. The normalized spacial score (nSPS) is 10.9. The molecule has 0 fully saturated rings. The SMILES string of the molecule is CCCCCCCCc1c(C)n(O)c(C)c(C)c1=O. The molecule has 1 aromatic rings. The van der Waals surface area contributed by atoms with Gasteiger partial charge < -0.3 is 5.21 Å². The predicted octanol–water partition coefficient (Wildman–Crippen LogP) is 3.91. The Labute approximate surface area is 116 Å². The van der Waals surface area contributed by atoms with Crippen molar-refractivity contribution in [1.82, 2.24) is 4.73 Å². The highest BCUT2D eigenvalue weighted by molar-refractivity contribution is 5.29. The Hall–Kier alpha value is -1.25. The van der Waals surface area contributed by atoms with Crippen molar-refractivity contribution in [3.8, 4) is 0 Å². The first-order chi connectivity index (χ1) is 9.00. The molecule has 0 aliphatic heterocycles. The van der Waals surface area contributed by atoms with Crippen molar-refractivity contribution in [3.63, 3.8) is 0 Å². The van der Waals surface area contributed by atoms with Crippen LogP contribution in [0.15, 0.2) is 4.79 Å². The van der Waals surface area contributed by atoms with Gasteiger partial charge in [-0.3, -0.25) is 4.79 Å². The lowest BCUT2D eigenvalue weighted by atomic mass is 10.0. The first kappa shape index (κ1) is 15.8. The minimum absolute atomic E-state index is 0.105. The van der Waals surface area contributed by atoms with E-state index in [4.69, 9.17) is 0 Å². The van der Waals surface area contributed by atoms with Crippen LogP contribution in [0.3, 0.4) is 0 Å². The van der Waals surface area contributed by atoms with Gasteiger partial charge in [-0.1, -0.05) is 39.0 Å². The highest BCUT2D eigenvalue weighted by Crippen LogP contribution is 2.13. The van der Waals surface area contributed by atoms with Gasteiger partial charge in [-0.25, -0.2) is 0 Å². The van der Waals surface area contributed by atoms with Crippen molar-refractivity contribution >= 4 is 0 Å². The molecule has 1 aromatic heterocycles. The van der Waals surface area contributed by atoms with Gasteiger partial charge in [0.05, 0.1) is 11.4 Å². The van der Waals surface area contributed by atoms with Gasteiger partial charge >= 0.3 is 0 Å². The molecule has 108 valence electrons. The summed E-state index contributed by atoms with van der Waals surface area (Å²) in [6.07, 6.45) is 8.05. The number of aromatic nitrogens is 1. The van der Waals surface area contributed by atoms with Crippen LogP contribution < -0.4 is 5.43 Å². The Balaban J connectivity index is 2.67. The smallest absolute Gasteiger partial charge is 0.188 e. The molecular formula is C16H27NO2. The van der Waals surface area contributed by atoms with Crippen LogP contribution >= 0.6 is 0 Å². The van der Waals surface area contributed by atoms with E-state index in [1.54, 1.807) is 13.8 Å². The molecule has 3 heteroatoms. The summed E-state index contributed by atoms with van der Waals surface area (Å²) < 4.78 is 1.16. The maximum absolute atomic E-state index is 12.2. The average molecular weight is 265 g/mol. The molecule has 0 aliphatic rings. The lowest BCUT2D eigenvalue weighted by Crippen LogP contribution is -2.22. The fourth-order valence-electron chi connectivity index (χ4n) is 2.47. The summed E-state index contributed by atoms with van der Waals surface area (Å²) in [5, 5.41) is 9.94. The minimum Gasteiger partial charge on any atom is -0.428 e. The van der Waals surface area contributed by atoms with Crippen molar-refractivity contribution in [2.75, 3.05) is 0 Å². The van der Waals surface area contributed by atoms with Gasteiger partial charge in [0.15, 0.2) is 5.43 Å².